The lowest BCUT2D eigenvalue weighted by Gasteiger charge is -2.36. The molecule has 1 saturated heterocycles. The zero-order valence-electron chi connectivity index (χ0n) is 15.2. The monoisotopic (exact) mass is 389 g/mol. The minimum absolute atomic E-state index is 0.181. The number of carbonyl (C=O) groups excluding carboxylic acids is 1. The maximum Gasteiger partial charge on any atom is 0.335 e. The number of nitrogens with one attached hydrogen (secondary N) is 1. The summed E-state index contributed by atoms with van der Waals surface area (Å²) in [6, 6.07) is 9.69. The highest BCUT2D eigenvalue weighted by Crippen LogP contribution is 2.37. The molecule has 0 radical (unpaired) electrons. The number of aromatic carboxylic acids is 1. The van der Waals surface area contributed by atoms with Crippen LogP contribution in [0, 0.1) is 11.6 Å². The van der Waals surface area contributed by atoms with E-state index in [1.54, 1.807) is 12.1 Å². The summed E-state index contributed by atoms with van der Waals surface area (Å²) < 4.78 is 33.1. The van der Waals surface area contributed by atoms with E-state index < -0.39 is 23.0 Å². The zero-order valence-corrected chi connectivity index (χ0v) is 15.2. The molecule has 1 heterocycles. The Morgan fingerprint density at radius 3 is 2.36 bits per heavy atom. The number of hydrogen-bond donors (Lipinski definition) is 2. The Morgan fingerprint density at radius 2 is 1.75 bits per heavy atom. The molecule has 0 aliphatic carbocycles. The van der Waals surface area contributed by atoms with Gasteiger partial charge in [-0.1, -0.05) is 18.2 Å². The second-order valence-electron chi connectivity index (χ2n) is 6.83. The van der Waals surface area contributed by atoms with Crippen LogP contribution in [0.2, 0.25) is 0 Å². The molecule has 7 heteroatoms. The third-order valence-corrected chi connectivity index (χ3v) is 5.13. The van der Waals surface area contributed by atoms with Crippen LogP contribution >= 0.6 is 0 Å². The van der Waals surface area contributed by atoms with Crippen molar-refractivity contribution in [3.05, 3.63) is 70.8 Å². The van der Waals surface area contributed by atoms with Crippen LogP contribution in [0.3, 0.4) is 0 Å². The maximum atomic E-state index is 14.4. The number of hydrogen-bond acceptors (Lipinski definition) is 3. The lowest BCUT2D eigenvalue weighted by molar-refractivity contribution is -0.130. The second-order valence-corrected chi connectivity index (χ2v) is 6.83. The van der Waals surface area contributed by atoms with E-state index in [1.807, 2.05) is 0 Å². The summed E-state index contributed by atoms with van der Waals surface area (Å²) >= 11 is 0. The van der Waals surface area contributed by atoms with Crippen molar-refractivity contribution < 1.29 is 28.2 Å². The van der Waals surface area contributed by atoms with E-state index in [0.29, 0.717) is 39.0 Å². The molecule has 1 amide bonds. The minimum Gasteiger partial charge on any atom is -0.478 e. The smallest absolute Gasteiger partial charge is 0.335 e. The molecule has 2 aromatic rings. The predicted octanol–water partition coefficient (Wildman–Crippen LogP) is 3.07. The van der Waals surface area contributed by atoms with Crippen molar-refractivity contribution in [3.8, 4) is 0 Å². The van der Waals surface area contributed by atoms with E-state index in [2.05, 4.69) is 5.32 Å². The van der Waals surface area contributed by atoms with Crippen molar-refractivity contribution >= 4 is 11.9 Å². The van der Waals surface area contributed by atoms with E-state index in [0.717, 1.165) is 17.7 Å². The molecule has 5 nitrogen and oxygen atoms in total. The van der Waals surface area contributed by atoms with Crippen LogP contribution in [0.5, 0.6) is 0 Å². The number of benzene rings is 2. The van der Waals surface area contributed by atoms with Crippen molar-refractivity contribution in [1.29, 1.82) is 0 Å². The van der Waals surface area contributed by atoms with Gasteiger partial charge in [0.15, 0.2) is 0 Å². The Kier molecular flexibility index (Phi) is 6.04. The van der Waals surface area contributed by atoms with Crippen molar-refractivity contribution in [3.63, 3.8) is 0 Å². The molecule has 0 saturated carbocycles. The van der Waals surface area contributed by atoms with E-state index in [1.165, 1.54) is 18.2 Å². The quantitative estimate of drug-likeness (QED) is 0.796. The first-order chi connectivity index (χ1) is 13.4. The highest BCUT2D eigenvalue weighted by Gasteiger charge is 2.43. The van der Waals surface area contributed by atoms with Gasteiger partial charge in [0.25, 0.3) is 0 Å². The summed E-state index contributed by atoms with van der Waals surface area (Å²) in [7, 11) is 0. The van der Waals surface area contributed by atoms with Gasteiger partial charge in [0.2, 0.25) is 5.91 Å². The van der Waals surface area contributed by atoms with Crippen LogP contribution in [-0.4, -0.2) is 36.7 Å². The molecule has 0 atom stereocenters. The standard InChI is InChI=1S/C21H21F2NO4/c22-16-5-6-17(18(23)13-16)21(8-11-28-12-9-21)20(27)24-10-7-14-1-3-15(4-2-14)19(25)26/h1-6,13H,7-12H2,(H,24,27)(H,25,26). The molecule has 2 N–H and O–H groups in total. The lowest BCUT2D eigenvalue weighted by Crippen LogP contribution is -2.49. The number of carbonyl (C=O) groups is 2. The van der Waals surface area contributed by atoms with E-state index in [-0.39, 0.29) is 17.0 Å². The van der Waals surface area contributed by atoms with Crippen molar-refractivity contribution in [2.75, 3.05) is 19.8 Å². The lowest BCUT2D eigenvalue weighted by atomic mass is 9.73. The summed E-state index contributed by atoms with van der Waals surface area (Å²) in [4.78, 5) is 23.9. The third-order valence-electron chi connectivity index (χ3n) is 5.13. The second kappa shape index (κ2) is 8.48. The molecule has 2 aromatic carbocycles. The van der Waals surface area contributed by atoms with Crippen LogP contribution < -0.4 is 5.32 Å². The van der Waals surface area contributed by atoms with Gasteiger partial charge in [-0.3, -0.25) is 4.79 Å². The Hall–Kier alpha value is -2.80. The maximum absolute atomic E-state index is 14.4. The largest absolute Gasteiger partial charge is 0.478 e. The normalized spacial score (nSPS) is 15.8. The van der Waals surface area contributed by atoms with Crippen LogP contribution in [0.15, 0.2) is 42.5 Å². The van der Waals surface area contributed by atoms with E-state index in [9.17, 15) is 18.4 Å². The summed E-state index contributed by atoms with van der Waals surface area (Å²) in [6.45, 7) is 0.957. The average Bonchev–Trinajstić information content (AvgIpc) is 2.68. The molecule has 1 fully saturated rings. The third kappa shape index (κ3) is 4.20. The van der Waals surface area contributed by atoms with E-state index in [4.69, 9.17) is 9.84 Å². The molecule has 0 unspecified atom stereocenters. The average molecular weight is 389 g/mol. The highest BCUT2D eigenvalue weighted by atomic mass is 19.1. The number of carboxylic acids is 1. The molecule has 1 aliphatic heterocycles. The van der Waals surface area contributed by atoms with Crippen LogP contribution in [0.25, 0.3) is 0 Å². The molecule has 0 aromatic heterocycles. The fourth-order valence-corrected chi connectivity index (χ4v) is 3.52. The topological polar surface area (TPSA) is 75.6 Å². The number of amides is 1. The van der Waals surface area contributed by atoms with Gasteiger partial charge in [-0.15, -0.1) is 0 Å². The molecule has 1 aliphatic rings. The number of carboxylic acid groups (broad SMARTS) is 1. The summed E-state index contributed by atoms with van der Waals surface area (Å²) in [5.41, 5.74) is 0.156. The van der Waals surface area contributed by atoms with Crippen LogP contribution in [0.1, 0.15) is 34.3 Å². The van der Waals surface area contributed by atoms with Gasteiger partial charge in [-0.25, -0.2) is 13.6 Å². The molecule has 28 heavy (non-hydrogen) atoms. The SMILES string of the molecule is O=C(O)c1ccc(CCNC(=O)C2(c3ccc(F)cc3F)CCOCC2)cc1. The number of rotatable bonds is 6. The van der Waals surface area contributed by atoms with Gasteiger partial charge in [-0.05, 0) is 43.0 Å². The Bertz CT molecular complexity index is 861. The molecule has 0 bridgehead atoms. The first-order valence-corrected chi connectivity index (χ1v) is 9.06. The Labute approximate surface area is 161 Å². The van der Waals surface area contributed by atoms with Crippen molar-refractivity contribution in [2.45, 2.75) is 24.7 Å². The first-order valence-electron chi connectivity index (χ1n) is 9.06. The Morgan fingerprint density at radius 1 is 1.07 bits per heavy atom. The molecule has 148 valence electrons. The fraction of sp³-hybridized carbons (Fsp3) is 0.333. The van der Waals surface area contributed by atoms with Crippen molar-refractivity contribution in [1.82, 2.24) is 5.32 Å². The van der Waals surface area contributed by atoms with Gasteiger partial charge >= 0.3 is 5.97 Å². The van der Waals surface area contributed by atoms with Gasteiger partial charge in [-0.2, -0.15) is 0 Å². The minimum atomic E-state index is -1.09. The van der Waals surface area contributed by atoms with Gasteiger partial charge in [0.05, 0.1) is 11.0 Å². The summed E-state index contributed by atoms with van der Waals surface area (Å²) in [5, 5.41) is 11.8. The van der Waals surface area contributed by atoms with Crippen LogP contribution in [0.4, 0.5) is 8.78 Å². The molecule has 0 spiro atoms. The summed E-state index contributed by atoms with van der Waals surface area (Å²) in [5.74, 6) is -2.74. The Balaban J connectivity index is 1.71. The van der Waals surface area contributed by atoms with E-state index >= 15 is 0 Å². The predicted molar refractivity (Wildman–Crippen MR) is 98.2 cm³/mol. The van der Waals surface area contributed by atoms with Crippen molar-refractivity contribution in [2.24, 2.45) is 0 Å². The number of halogens is 2. The van der Waals surface area contributed by atoms with Gasteiger partial charge in [0, 0.05) is 31.4 Å². The first kappa shape index (κ1) is 19.9. The van der Waals surface area contributed by atoms with Gasteiger partial charge < -0.3 is 15.2 Å². The highest BCUT2D eigenvalue weighted by molar-refractivity contribution is 5.88. The summed E-state index contributed by atoms with van der Waals surface area (Å²) in [6.07, 6.45) is 1.13. The zero-order chi connectivity index (χ0) is 20.1. The fourth-order valence-electron chi connectivity index (χ4n) is 3.52. The molecular weight excluding hydrogens is 368 g/mol. The molecular formula is C21H21F2NO4. The van der Waals surface area contributed by atoms with Crippen LogP contribution in [-0.2, 0) is 21.4 Å². The number of ether oxygens (including phenoxy) is 1. The molecule has 3 rings (SSSR count). The van der Waals surface area contributed by atoms with Gasteiger partial charge in [0.1, 0.15) is 11.6 Å².